The Morgan fingerprint density at radius 3 is 3.00 bits per heavy atom. The third-order valence-corrected chi connectivity index (χ3v) is 3.35. The zero-order valence-corrected chi connectivity index (χ0v) is 12.8. The van der Waals surface area contributed by atoms with E-state index < -0.39 is 0 Å². The summed E-state index contributed by atoms with van der Waals surface area (Å²) in [7, 11) is 0. The molecule has 0 atom stereocenters. The molecule has 1 N–H and O–H groups in total. The number of carbonyl (C=O) groups is 1. The van der Waals surface area contributed by atoms with E-state index in [9.17, 15) is 4.79 Å². The van der Waals surface area contributed by atoms with Crippen molar-refractivity contribution in [3.05, 3.63) is 45.0 Å². The summed E-state index contributed by atoms with van der Waals surface area (Å²) in [6.45, 7) is 5.22. The molecule has 0 fully saturated rings. The maximum absolute atomic E-state index is 11.9. The number of nitrogens with one attached hydrogen (secondary N) is 1. The molecular formula is C13H15ClINO2. The number of rotatable bonds is 7. The molecule has 0 aliphatic carbocycles. The first-order valence-corrected chi connectivity index (χ1v) is 7.02. The van der Waals surface area contributed by atoms with Gasteiger partial charge in [-0.05, 0) is 47.2 Å². The second-order valence-electron chi connectivity index (χ2n) is 3.57. The minimum atomic E-state index is -0.130. The first-order valence-electron chi connectivity index (χ1n) is 5.57. The van der Waals surface area contributed by atoms with Crippen molar-refractivity contribution in [1.82, 2.24) is 5.32 Å². The highest BCUT2D eigenvalue weighted by Gasteiger charge is 2.09. The molecule has 98 valence electrons. The predicted octanol–water partition coefficient (Wildman–Crippen LogP) is 3.27. The maximum Gasteiger partial charge on any atom is 0.252 e. The van der Waals surface area contributed by atoms with Gasteiger partial charge in [0.25, 0.3) is 5.91 Å². The number of ether oxygens (including phenoxy) is 1. The van der Waals surface area contributed by atoms with Gasteiger partial charge in [0.1, 0.15) is 0 Å². The Labute approximate surface area is 126 Å². The van der Waals surface area contributed by atoms with Crippen LogP contribution in [0.15, 0.2) is 30.9 Å². The first kappa shape index (κ1) is 15.5. The van der Waals surface area contributed by atoms with E-state index in [0.717, 1.165) is 9.99 Å². The highest BCUT2D eigenvalue weighted by Crippen LogP contribution is 2.17. The lowest BCUT2D eigenvalue weighted by Gasteiger charge is -2.07. The minimum absolute atomic E-state index is 0.130. The highest BCUT2D eigenvalue weighted by atomic mass is 127. The van der Waals surface area contributed by atoms with Gasteiger partial charge in [0.05, 0.1) is 18.8 Å². The predicted molar refractivity (Wildman–Crippen MR) is 82.1 cm³/mol. The molecule has 0 aromatic heterocycles. The molecule has 0 bridgehead atoms. The van der Waals surface area contributed by atoms with Gasteiger partial charge in [0.15, 0.2) is 0 Å². The smallest absolute Gasteiger partial charge is 0.252 e. The van der Waals surface area contributed by atoms with Crippen LogP contribution in [0.25, 0.3) is 0 Å². The second kappa shape index (κ2) is 8.50. The zero-order chi connectivity index (χ0) is 13.4. The number of amides is 1. The molecule has 0 saturated heterocycles. The second-order valence-corrected chi connectivity index (χ2v) is 5.17. The maximum atomic E-state index is 11.9. The standard InChI is InChI=1S/C13H15ClINO2/c1-2-3-7-18-8-6-16-13(17)11-9-10(14)4-5-12(11)15/h2,4-5,9H,1,3,6-8H2,(H,16,17). The molecule has 0 aliphatic heterocycles. The molecule has 0 aliphatic rings. The van der Waals surface area contributed by atoms with Gasteiger partial charge in [-0.3, -0.25) is 4.79 Å². The largest absolute Gasteiger partial charge is 0.379 e. The van der Waals surface area contributed by atoms with Crippen molar-refractivity contribution in [2.45, 2.75) is 6.42 Å². The van der Waals surface area contributed by atoms with Crippen molar-refractivity contribution in [1.29, 1.82) is 0 Å². The Balaban J connectivity index is 2.36. The molecule has 0 unspecified atom stereocenters. The monoisotopic (exact) mass is 379 g/mol. The number of hydrogen-bond donors (Lipinski definition) is 1. The fraction of sp³-hybridized carbons (Fsp3) is 0.308. The van der Waals surface area contributed by atoms with Crippen LogP contribution in [-0.2, 0) is 4.74 Å². The summed E-state index contributed by atoms with van der Waals surface area (Å²) in [6.07, 6.45) is 2.62. The molecule has 0 heterocycles. The normalized spacial score (nSPS) is 10.1. The summed E-state index contributed by atoms with van der Waals surface area (Å²) in [5, 5.41) is 3.35. The molecule has 0 radical (unpaired) electrons. The third kappa shape index (κ3) is 5.37. The van der Waals surface area contributed by atoms with Crippen molar-refractivity contribution >= 4 is 40.1 Å². The first-order chi connectivity index (χ1) is 8.65. The van der Waals surface area contributed by atoms with Crippen LogP contribution >= 0.6 is 34.2 Å². The van der Waals surface area contributed by atoms with E-state index in [0.29, 0.717) is 30.3 Å². The molecule has 0 saturated carbocycles. The van der Waals surface area contributed by atoms with Gasteiger partial charge in [-0.1, -0.05) is 17.7 Å². The molecule has 0 spiro atoms. The van der Waals surface area contributed by atoms with E-state index in [4.69, 9.17) is 16.3 Å². The summed E-state index contributed by atoms with van der Waals surface area (Å²) in [5.41, 5.74) is 0.592. The average Bonchev–Trinajstić information content (AvgIpc) is 2.36. The highest BCUT2D eigenvalue weighted by molar-refractivity contribution is 14.1. The van der Waals surface area contributed by atoms with Gasteiger partial charge < -0.3 is 10.1 Å². The quantitative estimate of drug-likeness (QED) is 0.449. The van der Waals surface area contributed by atoms with E-state index in [1.54, 1.807) is 18.2 Å². The van der Waals surface area contributed by atoms with Gasteiger partial charge >= 0.3 is 0 Å². The Morgan fingerprint density at radius 1 is 1.50 bits per heavy atom. The lowest BCUT2D eigenvalue weighted by molar-refractivity contribution is 0.0917. The summed E-state index contributed by atoms with van der Waals surface area (Å²) < 4.78 is 6.18. The third-order valence-electron chi connectivity index (χ3n) is 2.17. The zero-order valence-electron chi connectivity index (χ0n) is 9.92. The van der Waals surface area contributed by atoms with Crippen LogP contribution in [0.4, 0.5) is 0 Å². The van der Waals surface area contributed by atoms with Gasteiger partial charge in [0, 0.05) is 15.1 Å². The van der Waals surface area contributed by atoms with Crippen molar-refractivity contribution < 1.29 is 9.53 Å². The van der Waals surface area contributed by atoms with Crippen LogP contribution in [0.1, 0.15) is 16.8 Å². The van der Waals surface area contributed by atoms with Crippen LogP contribution in [0, 0.1) is 3.57 Å². The van der Waals surface area contributed by atoms with E-state index in [1.807, 2.05) is 6.07 Å². The number of benzene rings is 1. The number of hydrogen-bond acceptors (Lipinski definition) is 2. The fourth-order valence-electron chi connectivity index (χ4n) is 1.27. The van der Waals surface area contributed by atoms with Gasteiger partial charge in [-0.2, -0.15) is 0 Å². The Morgan fingerprint density at radius 2 is 2.28 bits per heavy atom. The fourth-order valence-corrected chi connectivity index (χ4v) is 2.02. The van der Waals surface area contributed by atoms with Gasteiger partial charge in [-0.15, -0.1) is 6.58 Å². The SMILES string of the molecule is C=CCCOCCNC(=O)c1cc(Cl)ccc1I. The molecule has 18 heavy (non-hydrogen) atoms. The number of halogens is 2. The summed E-state index contributed by atoms with van der Waals surface area (Å²) in [6, 6.07) is 5.24. The molecule has 1 aromatic rings. The lowest BCUT2D eigenvalue weighted by atomic mass is 10.2. The van der Waals surface area contributed by atoms with Crippen LogP contribution in [0.5, 0.6) is 0 Å². The van der Waals surface area contributed by atoms with Gasteiger partial charge in [-0.25, -0.2) is 0 Å². The Bertz CT molecular complexity index is 423. The topological polar surface area (TPSA) is 38.3 Å². The van der Waals surface area contributed by atoms with Crippen LogP contribution < -0.4 is 5.32 Å². The molecule has 1 amide bonds. The van der Waals surface area contributed by atoms with E-state index in [-0.39, 0.29) is 5.91 Å². The average molecular weight is 380 g/mol. The molecule has 5 heteroatoms. The molecule has 3 nitrogen and oxygen atoms in total. The lowest BCUT2D eigenvalue weighted by Crippen LogP contribution is -2.28. The van der Waals surface area contributed by atoms with Crippen LogP contribution in [-0.4, -0.2) is 25.7 Å². The minimum Gasteiger partial charge on any atom is -0.379 e. The van der Waals surface area contributed by atoms with E-state index in [2.05, 4.69) is 34.5 Å². The summed E-state index contributed by atoms with van der Waals surface area (Å²) in [4.78, 5) is 11.9. The summed E-state index contributed by atoms with van der Waals surface area (Å²) >= 11 is 7.97. The Hall–Kier alpha value is -0.590. The van der Waals surface area contributed by atoms with Crippen LogP contribution in [0.2, 0.25) is 5.02 Å². The van der Waals surface area contributed by atoms with Crippen molar-refractivity contribution in [2.24, 2.45) is 0 Å². The van der Waals surface area contributed by atoms with Crippen LogP contribution in [0.3, 0.4) is 0 Å². The van der Waals surface area contributed by atoms with Gasteiger partial charge in [0.2, 0.25) is 0 Å². The summed E-state index contributed by atoms with van der Waals surface area (Å²) in [5.74, 6) is -0.130. The molecular weight excluding hydrogens is 365 g/mol. The van der Waals surface area contributed by atoms with E-state index >= 15 is 0 Å². The Kier molecular flexibility index (Phi) is 7.31. The van der Waals surface area contributed by atoms with E-state index in [1.165, 1.54) is 0 Å². The molecule has 1 aromatic carbocycles. The van der Waals surface area contributed by atoms with Crippen molar-refractivity contribution in [2.75, 3.05) is 19.8 Å². The van der Waals surface area contributed by atoms with Crippen molar-refractivity contribution in [3.8, 4) is 0 Å². The molecule has 1 rings (SSSR count). The van der Waals surface area contributed by atoms with Crippen molar-refractivity contribution in [3.63, 3.8) is 0 Å². The number of carbonyl (C=O) groups excluding carboxylic acids is 1.